The zero-order valence-electron chi connectivity index (χ0n) is 17.1. The van der Waals surface area contributed by atoms with Crippen LogP contribution in [0.15, 0.2) is 18.2 Å². The van der Waals surface area contributed by atoms with E-state index in [0.717, 1.165) is 51.9 Å². The number of rotatable bonds is 2. The fourth-order valence-corrected chi connectivity index (χ4v) is 4.31. The average Bonchev–Trinajstić information content (AvgIpc) is 2.67. The first-order valence-electron chi connectivity index (χ1n) is 10.2. The summed E-state index contributed by atoms with van der Waals surface area (Å²) in [5, 5.41) is 0. The summed E-state index contributed by atoms with van der Waals surface area (Å²) in [5.41, 5.74) is 0.488. The van der Waals surface area contributed by atoms with E-state index in [9.17, 15) is 9.18 Å². The Kier molecular flexibility index (Phi) is 6.12. The Labute approximate surface area is 167 Å². The number of benzene rings is 1. The number of piperidine rings is 2. The van der Waals surface area contributed by atoms with E-state index in [1.165, 1.54) is 6.07 Å². The number of halogens is 1. The van der Waals surface area contributed by atoms with Crippen LogP contribution in [0, 0.1) is 24.2 Å². The third-order valence-electron chi connectivity index (χ3n) is 5.80. The van der Waals surface area contributed by atoms with Gasteiger partial charge in [0.1, 0.15) is 11.4 Å². The van der Waals surface area contributed by atoms with Crippen LogP contribution >= 0.6 is 0 Å². The highest BCUT2D eigenvalue weighted by Crippen LogP contribution is 2.35. The molecular weight excluding hydrogens is 357 g/mol. The molecule has 0 bridgehead atoms. The molecule has 152 valence electrons. The van der Waals surface area contributed by atoms with E-state index in [-0.39, 0.29) is 11.9 Å². The number of amides is 1. The van der Waals surface area contributed by atoms with Crippen molar-refractivity contribution < 1.29 is 13.9 Å². The third-order valence-corrected chi connectivity index (χ3v) is 5.80. The lowest BCUT2D eigenvalue weighted by atomic mass is 9.79. The molecular formula is C22H30FN3O2. The van der Waals surface area contributed by atoms with Gasteiger partial charge in [-0.2, -0.15) is 0 Å². The molecule has 1 aromatic rings. The summed E-state index contributed by atoms with van der Waals surface area (Å²) in [4.78, 5) is 19.4. The fraction of sp³-hybridized carbons (Fsp3) is 0.636. The molecule has 0 aliphatic carbocycles. The highest BCUT2D eigenvalue weighted by atomic mass is 19.1. The number of carbonyl (C=O) groups excluding carboxylic acids is 1. The molecule has 0 spiro atoms. The molecule has 0 atom stereocenters. The minimum atomic E-state index is -0.455. The Hall–Kier alpha value is -2.29. The van der Waals surface area contributed by atoms with Crippen molar-refractivity contribution >= 4 is 17.5 Å². The second kappa shape index (κ2) is 8.38. The van der Waals surface area contributed by atoms with E-state index in [2.05, 4.69) is 9.74 Å². The van der Waals surface area contributed by atoms with Crippen LogP contribution in [0.5, 0.6) is 0 Å². The monoisotopic (exact) mass is 387 g/mol. The van der Waals surface area contributed by atoms with Crippen LogP contribution in [-0.4, -0.2) is 42.8 Å². The molecule has 0 saturated carbocycles. The molecule has 6 heteroatoms. The molecule has 5 nitrogen and oxygen atoms in total. The summed E-state index contributed by atoms with van der Waals surface area (Å²) >= 11 is 0. The van der Waals surface area contributed by atoms with E-state index >= 15 is 0 Å². The molecule has 1 amide bonds. The molecule has 1 aromatic carbocycles. The highest BCUT2D eigenvalue weighted by molar-refractivity contribution is 5.68. The van der Waals surface area contributed by atoms with Gasteiger partial charge in [-0.05, 0) is 70.4 Å². The van der Waals surface area contributed by atoms with Crippen molar-refractivity contribution in [2.24, 2.45) is 11.8 Å². The van der Waals surface area contributed by atoms with Gasteiger partial charge in [-0.15, -0.1) is 0 Å². The number of anilines is 1. The maximum absolute atomic E-state index is 14.3. The summed E-state index contributed by atoms with van der Waals surface area (Å²) in [6, 6.07) is 4.73. The van der Waals surface area contributed by atoms with Crippen LogP contribution in [0.2, 0.25) is 0 Å². The van der Waals surface area contributed by atoms with E-state index in [1.807, 2.05) is 25.7 Å². The van der Waals surface area contributed by atoms with Crippen molar-refractivity contribution in [1.29, 1.82) is 0 Å². The summed E-state index contributed by atoms with van der Waals surface area (Å²) < 4.78 is 19.8. The summed E-state index contributed by atoms with van der Waals surface area (Å²) in [5.74, 6) is 0.940. The van der Waals surface area contributed by atoms with Crippen LogP contribution in [0.4, 0.5) is 20.6 Å². The second-order valence-corrected chi connectivity index (χ2v) is 8.88. The Morgan fingerprint density at radius 1 is 1.11 bits per heavy atom. The minimum Gasteiger partial charge on any atom is -0.444 e. The standard InChI is InChI=1S/C22H30FN3O2/c1-22(2,3)28-21(27)26-13-9-17(10-14-26)16-7-11-25(12-8-16)20-6-5-18(24-4)15-19(20)23/h5-6,15-17H,7-14H2,1-3H3. The van der Waals surface area contributed by atoms with Crippen LogP contribution in [-0.2, 0) is 4.74 Å². The Bertz CT molecular complexity index is 737. The van der Waals surface area contributed by atoms with Crippen molar-refractivity contribution in [3.63, 3.8) is 0 Å². The van der Waals surface area contributed by atoms with Gasteiger partial charge in [0.25, 0.3) is 0 Å². The summed E-state index contributed by atoms with van der Waals surface area (Å²) in [6.07, 6.45) is 3.90. The van der Waals surface area contributed by atoms with Gasteiger partial charge in [0, 0.05) is 26.2 Å². The smallest absolute Gasteiger partial charge is 0.410 e. The first-order valence-corrected chi connectivity index (χ1v) is 10.2. The lowest BCUT2D eigenvalue weighted by molar-refractivity contribution is 0.0152. The topological polar surface area (TPSA) is 37.1 Å². The molecule has 2 aliphatic heterocycles. The normalized spacial score (nSPS) is 19.4. The van der Waals surface area contributed by atoms with Crippen molar-refractivity contribution in [2.75, 3.05) is 31.1 Å². The van der Waals surface area contributed by atoms with Gasteiger partial charge in [-0.25, -0.2) is 14.0 Å². The van der Waals surface area contributed by atoms with Crippen molar-refractivity contribution in [1.82, 2.24) is 4.90 Å². The highest BCUT2D eigenvalue weighted by Gasteiger charge is 2.32. The Morgan fingerprint density at radius 2 is 1.68 bits per heavy atom. The van der Waals surface area contributed by atoms with Crippen LogP contribution in [0.25, 0.3) is 4.85 Å². The maximum Gasteiger partial charge on any atom is 0.410 e. The molecule has 0 radical (unpaired) electrons. The van der Waals surface area contributed by atoms with E-state index < -0.39 is 5.60 Å². The number of ether oxygens (including phenoxy) is 1. The number of hydrogen-bond acceptors (Lipinski definition) is 3. The van der Waals surface area contributed by atoms with Crippen molar-refractivity contribution in [3.8, 4) is 0 Å². The lowest BCUT2D eigenvalue weighted by Gasteiger charge is -2.41. The SMILES string of the molecule is [C-]#[N+]c1ccc(N2CCC(C3CCN(C(=O)OC(C)(C)C)CC3)CC2)c(F)c1. The first kappa shape index (κ1) is 20.4. The zero-order valence-corrected chi connectivity index (χ0v) is 17.1. The van der Waals surface area contributed by atoms with Gasteiger partial charge in [0.2, 0.25) is 0 Å². The predicted molar refractivity (Wildman–Crippen MR) is 108 cm³/mol. The molecule has 2 aliphatic rings. The van der Waals surface area contributed by atoms with Gasteiger partial charge >= 0.3 is 6.09 Å². The first-order chi connectivity index (χ1) is 13.3. The fourth-order valence-electron chi connectivity index (χ4n) is 4.31. The van der Waals surface area contributed by atoms with E-state index in [4.69, 9.17) is 11.3 Å². The van der Waals surface area contributed by atoms with Crippen LogP contribution in [0.3, 0.4) is 0 Å². The zero-order chi connectivity index (χ0) is 20.3. The molecule has 3 rings (SSSR count). The minimum absolute atomic E-state index is 0.209. The third kappa shape index (κ3) is 4.95. The van der Waals surface area contributed by atoms with E-state index in [0.29, 0.717) is 23.2 Å². The summed E-state index contributed by atoms with van der Waals surface area (Å²) in [7, 11) is 0. The Balaban J connectivity index is 1.49. The largest absolute Gasteiger partial charge is 0.444 e. The maximum atomic E-state index is 14.3. The van der Waals surface area contributed by atoms with Crippen molar-refractivity contribution in [2.45, 2.75) is 52.1 Å². The molecule has 28 heavy (non-hydrogen) atoms. The van der Waals surface area contributed by atoms with Gasteiger partial charge in [-0.1, -0.05) is 6.07 Å². The number of likely N-dealkylation sites (tertiary alicyclic amines) is 1. The van der Waals surface area contributed by atoms with Crippen LogP contribution < -0.4 is 4.90 Å². The van der Waals surface area contributed by atoms with Crippen molar-refractivity contribution in [3.05, 3.63) is 35.4 Å². The van der Waals surface area contributed by atoms with Gasteiger partial charge in [0.05, 0.1) is 12.3 Å². The average molecular weight is 387 g/mol. The van der Waals surface area contributed by atoms with Gasteiger partial charge in [-0.3, -0.25) is 0 Å². The predicted octanol–water partition coefficient (Wildman–Crippen LogP) is 5.24. The number of hydrogen-bond donors (Lipinski definition) is 0. The molecule has 2 saturated heterocycles. The number of carbonyl (C=O) groups is 1. The second-order valence-electron chi connectivity index (χ2n) is 8.88. The molecule has 0 aromatic heterocycles. The molecule has 2 fully saturated rings. The van der Waals surface area contributed by atoms with E-state index in [1.54, 1.807) is 12.1 Å². The summed E-state index contributed by atoms with van der Waals surface area (Å²) in [6.45, 7) is 15.9. The van der Waals surface area contributed by atoms with Crippen LogP contribution in [0.1, 0.15) is 46.5 Å². The quantitative estimate of drug-likeness (QED) is 0.651. The number of nitrogens with zero attached hydrogens (tertiary/aromatic N) is 3. The van der Waals surface area contributed by atoms with Gasteiger partial charge < -0.3 is 14.5 Å². The Morgan fingerprint density at radius 3 is 2.18 bits per heavy atom. The van der Waals surface area contributed by atoms with Gasteiger partial charge in [0.15, 0.2) is 5.69 Å². The molecule has 0 unspecified atom stereocenters. The molecule has 2 heterocycles. The lowest BCUT2D eigenvalue weighted by Crippen LogP contribution is -2.44. The molecule has 0 N–H and O–H groups in total.